The van der Waals surface area contributed by atoms with Crippen LogP contribution in [-0.4, -0.2) is 26.4 Å². The van der Waals surface area contributed by atoms with Gasteiger partial charge in [-0.1, -0.05) is 0 Å². The molecule has 0 spiro atoms. The highest BCUT2D eigenvalue weighted by molar-refractivity contribution is 6.13. The number of rotatable bonds is 5. The lowest BCUT2D eigenvalue weighted by molar-refractivity contribution is 0.0565. The summed E-state index contributed by atoms with van der Waals surface area (Å²) in [6.07, 6.45) is 2.40. The van der Waals surface area contributed by atoms with Crippen molar-refractivity contribution in [3.63, 3.8) is 0 Å². The van der Waals surface area contributed by atoms with Gasteiger partial charge in [-0.25, -0.2) is 9.67 Å². The Balaban J connectivity index is 1.88. The normalized spacial score (nSPS) is 10.7. The van der Waals surface area contributed by atoms with Gasteiger partial charge in [-0.15, -0.1) is 0 Å². The van der Waals surface area contributed by atoms with E-state index in [1.165, 1.54) is 24.4 Å². The number of hydrogen-bond acceptors (Lipinski definition) is 6. The van der Waals surface area contributed by atoms with Gasteiger partial charge in [-0.3, -0.25) is 10.2 Å². The van der Waals surface area contributed by atoms with Crippen molar-refractivity contribution in [2.45, 2.75) is 20.4 Å². The number of aromatic nitrogens is 3. The summed E-state index contributed by atoms with van der Waals surface area (Å²) in [5, 5.41) is 23.7. The van der Waals surface area contributed by atoms with Gasteiger partial charge in [-0.05, 0) is 49.2 Å². The third kappa shape index (κ3) is 3.86. The number of benzene rings is 1. The summed E-state index contributed by atoms with van der Waals surface area (Å²) in [5.74, 6) is -0.496. The Hall–Kier alpha value is -4.13. The number of anilines is 2. The van der Waals surface area contributed by atoms with E-state index in [0.717, 1.165) is 6.20 Å². The van der Waals surface area contributed by atoms with Crippen molar-refractivity contribution >= 4 is 23.0 Å². The SMILES string of the molecule is Cc1c(C#N)cnc(C(=O)Nc2ccc(N)c(C(=N)c3ccn(C(F)F)n3)c2)c1C. The molecule has 0 saturated carbocycles. The second-order valence-electron chi connectivity index (χ2n) is 6.47. The molecule has 1 aromatic carbocycles. The molecule has 0 aliphatic heterocycles. The van der Waals surface area contributed by atoms with Crippen molar-refractivity contribution < 1.29 is 13.6 Å². The molecule has 8 nitrogen and oxygen atoms in total. The summed E-state index contributed by atoms with van der Waals surface area (Å²) in [7, 11) is 0. The third-order valence-corrected chi connectivity index (χ3v) is 4.62. The number of pyridine rings is 1. The molecule has 0 unspecified atom stereocenters. The molecule has 3 aromatic rings. The van der Waals surface area contributed by atoms with Crippen LogP contribution in [0.15, 0.2) is 36.7 Å². The Bertz CT molecular complexity index is 1190. The largest absolute Gasteiger partial charge is 0.398 e. The molecule has 0 aliphatic carbocycles. The number of nitrogens with two attached hydrogens (primary N) is 1. The number of nitrogens with zero attached hydrogens (tertiary/aromatic N) is 4. The van der Waals surface area contributed by atoms with Crippen LogP contribution in [0.5, 0.6) is 0 Å². The standard InChI is InChI=1S/C20H17F2N7O/c1-10-11(2)18(26-9-12(10)8-23)19(30)27-13-3-4-15(24)14(7-13)17(25)16-5-6-29(28-16)20(21)22/h3-7,9,20,25H,24H2,1-2H3,(H,27,30). The maximum absolute atomic E-state index is 12.7. The highest BCUT2D eigenvalue weighted by Crippen LogP contribution is 2.23. The van der Waals surface area contributed by atoms with Crippen LogP contribution in [0.25, 0.3) is 0 Å². The highest BCUT2D eigenvalue weighted by Gasteiger charge is 2.18. The quantitative estimate of drug-likeness (QED) is 0.439. The Kier molecular flexibility index (Phi) is 5.55. The van der Waals surface area contributed by atoms with E-state index in [9.17, 15) is 13.6 Å². The van der Waals surface area contributed by atoms with Gasteiger partial charge in [0.15, 0.2) is 0 Å². The molecule has 152 valence electrons. The molecule has 3 rings (SSSR count). The predicted molar refractivity (Wildman–Crippen MR) is 107 cm³/mol. The molecular formula is C20H17F2N7O. The molecule has 30 heavy (non-hydrogen) atoms. The van der Waals surface area contributed by atoms with Gasteiger partial charge < -0.3 is 11.1 Å². The van der Waals surface area contributed by atoms with E-state index in [1.807, 2.05) is 6.07 Å². The van der Waals surface area contributed by atoms with Crippen LogP contribution < -0.4 is 11.1 Å². The van der Waals surface area contributed by atoms with Gasteiger partial charge in [0.2, 0.25) is 0 Å². The first-order valence-corrected chi connectivity index (χ1v) is 8.72. The zero-order chi connectivity index (χ0) is 22.0. The van der Waals surface area contributed by atoms with E-state index in [2.05, 4.69) is 15.4 Å². The fourth-order valence-corrected chi connectivity index (χ4v) is 2.80. The molecule has 10 heteroatoms. The van der Waals surface area contributed by atoms with E-state index >= 15 is 0 Å². The van der Waals surface area contributed by atoms with Gasteiger partial charge in [-0.2, -0.15) is 19.1 Å². The number of carbonyl (C=O) groups is 1. The number of nitrogens with one attached hydrogen (secondary N) is 2. The van der Waals surface area contributed by atoms with E-state index in [1.54, 1.807) is 19.9 Å². The lowest BCUT2D eigenvalue weighted by atomic mass is 10.0. The molecule has 4 N–H and O–H groups in total. The minimum Gasteiger partial charge on any atom is -0.398 e. The van der Waals surface area contributed by atoms with Crippen LogP contribution in [-0.2, 0) is 0 Å². The van der Waals surface area contributed by atoms with E-state index in [-0.39, 0.29) is 28.4 Å². The van der Waals surface area contributed by atoms with Crippen molar-refractivity contribution in [2.24, 2.45) is 0 Å². The van der Waals surface area contributed by atoms with Crippen molar-refractivity contribution in [1.29, 1.82) is 10.7 Å². The molecule has 0 saturated heterocycles. The van der Waals surface area contributed by atoms with Crippen LogP contribution in [0.4, 0.5) is 20.2 Å². The van der Waals surface area contributed by atoms with Crippen LogP contribution in [0.3, 0.4) is 0 Å². The lowest BCUT2D eigenvalue weighted by Gasteiger charge is -2.12. The van der Waals surface area contributed by atoms with Crippen LogP contribution in [0, 0.1) is 30.6 Å². The lowest BCUT2D eigenvalue weighted by Crippen LogP contribution is -2.17. The fourth-order valence-electron chi connectivity index (χ4n) is 2.80. The molecule has 0 aliphatic rings. The summed E-state index contributed by atoms with van der Waals surface area (Å²) in [6.45, 7) is 0.607. The van der Waals surface area contributed by atoms with E-state index in [4.69, 9.17) is 16.4 Å². The van der Waals surface area contributed by atoms with Gasteiger partial charge in [0.25, 0.3) is 5.91 Å². The molecule has 0 fully saturated rings. The number of alkyl halides is 2. The first-order chi connectivity index (χ1) is 14.2. The molecule has 0 bridgehead atoms. The molecule has 2 aromatic heterocycles. The van der Waals surface area contributed by atoms with Crippen LogP contribution in [0.1, 0.15) is 45.0 Å². The van der Waals surface area contributed by atoms with Crippen molar-refractivity contribution in [1.82, 2.24) is 14.8 Å². The van der Waals surface area contributed by atoms with Crippen molar-refractivity contribution in [3.8, 4) is 6.07 Å². The molecule has 0 atom stereocenters. The maximum Gasteiger partial charge on any atom is 0.333 e. The van der Waals surface area contributed by atoms with Crippen LogP contribution >= 0.6 is 0 Å². The predicted octanol–water partition coefficient (Wildman–Crippen LogP) is 3.41. The Morgan fingerprint density at radius 2 is 2.03 bits per heavy atom. The number of amides is 1. The maximum atomic E-state index is 12.7. The Labute approximate surface area is 170 Å². The monoisotopic (exact) mass is 409 g/mol. The van der Waals surface area contributed by atoms with E-state index < -0.39 is 12.5 Å². The van der Waals surface area contributed by atoms with E-state index in [0.29, 0.717) is 27.1 Å². The number of halogens is 2. The van der Waals surface area contributed by atoms with Gasteiger partial charge in [0.05, 0.1) is 11.3 Å². The molecule has 2 heterocycles. The number of hydrogen-bond donors (Lipinski definition) is 3. The summed E-state index contributed by atoms with van der Waals surface area (Å²) in [5.41, 5.74) is 8.37. The summed E-state index contributed by atoms with van der Waals surface area (Å²) in [6, 6.07) is 7.80. The zero-order valence-corrected chi connectivity index (χ0v) is 16.1. The van der Waals surface area contributed by atoms with Gasteiger partial charge >= 0.3 is 6.55 Å². The molecular weight excluding hydrogens is 392 g/mol. The summed E-state index contributed by atoms with van der Waals surface area (Å²) in [4.78, 5) is 16.7. The smallest absolute Gasteiger partial charge is 0.333 e. The number of carbonyl (C=O) groups excluding carboxylic acids is 1. The number of nitrogen functional groups attached to an aromatic ring is 1. The fraction of sp³-hybridized carbons (Fsp3) is 0.150. The second-order valence-corrected chi connectivity index (χ2v) is 6.47. The topological polar surface area (TPSA) is 133 Å². The van der Waals surface area contributed by atoms with Crippen LogP contribution in [0.2, 0.25) is 0 Å². The first kappa shape index (κ1) is 20.6. The van der Waals surface area contributed by atoms with Crippen molar-refractivity contribution in [2.75, 3.05) is 11.1 Å². The summed E-state index contributed by atoms with van der Waals surface area (Å²) >= 11 is 0. The molecule has 1 amide bonds. The van der Waals surface area contributed by atoms with Crippen molar-refractivity contribution in [3.05, 3.63) is 70.3 Å². The minimum atomic E-state index is -2.82. The van der Waals surface area contributed by atoms with Gasteiger partial charge in [0, 0.05) is 29.3 Å². The molecule has 0 radical (unpaired) electrons. The third-order valence-electron chi connectivity index (χ3n) is 4.62. The number of nitriles is 1. The highest BCUT2D eigenvalue weighted by atomic mass is 19.3. The first-order valence-electron chi connectivity index (χ1n) is 8.72. The summed E-state index contributed by atoms with van der Waals surface area (Å²) < 4.78 is 25.9. The minimum absolute atomic E-state index is 0.0192. The average molecular weight is 409 g/mol. The zero-order valence-electron chi connectivity index (χ0n) is 16.1. The Morgan fingerprint density at radius 1 is 1.30 bits per heavy atom. The van der Waals surface area contributed by atoms with Gasteiger partial charge in [0.1, 0.15) is 17.5 Å². The average Bonchev–Trinajstić information content (AvgIpc) is 3.21. The second kappa shape index (κ2) is 8.08. The Morgan fingerprint density at radius 3 is 2.67 bits per heavy atom.